The zero-order chi connectivity index (χ0) is 14.1. The Morgan fingerprint density at radius 2 is 2.05 bits per heavy atom. The van der Waals surface area contributed by atoms with E-state index in [-0.39, 0.29) is 17.7 Å². The molecule has 2 aliphatic heterocycles. The normalized spacial score (nSPS) is 26.2. The van der Waals surface area contributed by atoms with Gasteiger partial charge >= 0.3 is 0 Å². The van der Waals surface area contributed by atoms with Gasteiger partial charge < -0.3 is 10.4 Å². The van der Waals surface area contributed by atoms with E-state index in [1.807, 2.05) is 6.92 Å². The molecule has 2 fully saturated rings. The van der Waals surface area contributed by atoms with E-state index in [1.165, 1.54) is 25.9 Å². The van der Waals surface area contributed by atoms with E-state index >= 15 is 0 Å². The zero-order valence-electron chi connectivity index (χ0n) is 11.9. The number of nitrogens with zero attached hydrogens (tertiary/aromatic N) is 1. The van der Waals surface area contributed by atoms with Crippen LogP contribution < -0.4 is 5.32 Å². The van der Waals surface area contributed by atoms with Gasteiger partial charge in [-0.1, -0.05) is 0 Å². The molecule has 4 heteroatoms. The van der Waals surface area contributed by atoms with Crippen LogP contribution in [0.25, 0.3) is 0 Å². The molecule has 0 spiro atoms. The first-order chi connectivity index (χ1) is 9.65. The van der Waals surface area contributed by atoms with Gasteiger partial charge in [0.05, 0.1) is 0 Å². The molecule has 0 saturated carbocycles. The Kier molecular flexibility index (Phi) is 3.66. The summed E-state index contributed by atoms with van der Waals surface area (Å²) in [6.07, 6.45) is 4.68. The number of phenols is 1. The van der Waals surface area contributed by atoms with E-state index in [2.05, 4.69) is 10.2 Å². The van der Waals surface area contributed by atoms with E-state index in [0.29, 0.717) is 11.6 Å². The van der Waals surface area contributed by atoms with Gasteiger partial charge in [-0.3, -0.25) is 9.69 Å². The number of nitrogens with one attached hydrogen (secondary N) is 1. The number of rotatable bonds is 2. The highest BCUT2D eigenvalue weighted by molar-refractivity contribution is 5.96. The van der Waals surface area contributed by atoms with Crippen molar-refractivity contribution in [2.45, 2.75) is 44.7 Å². The number of benzene rings is 1. The summed E-state index contributed by atoms with van der Waals surface area (Å²) < 4.78 is 0. The minimum absolute atomic E-state index is 0.0127. The molecule has 2 heterocycles. The second-order valence-corrected chi connectivity index (χ2v) is 5.97. The third kappa shape index (κ3) is 2.52. The molecule has 20 heavy (non-hydrogen) atoms. The molecule has 108 valence electrons. The highest BCUT2D eigenvalue weighted by Gasteiger charge is 2.35. The summed E-state index contributed by atoms with van der Waals surface area (Å²) in [7, 11) is 0. The molecule has 2 aliphatic rings. The number of aryl methyl sites for hydroxylation is 1. The summed E-state index contributed by atoms with van der Waals surface area (Å²) in [5, 5.41) is 12.6. The minimum Gasteiger partial charge on any atom is -0.508 e. The molecule has 2 saturated heterocycles. The molecule has 0 aromatic heterocycles. The SMILES string of the molecule is Cc1cc(O)ccc1C(=O)N[C@H]1CCCN2CCC[C@@H]12. The van der Waals surface area contributed by atoms with Gasteiger partial charge in [0, 0.05) is 17.6 Å². The molecule has 1 aromatic rings. The van der Waals surface area contributed by atoms with E-state index in [4.69, 9.17) is 0 Å². The maximum absolute atomic E-state index is 12.4. The highest BCUT2D eigenvalue weighted by atomic mass is 16.3. The summed E-state index contributed by atoms with van der Waals surface area (Å²) >= 11 is 0. The maximum atomic E-state index is 12.4. The average Bonchev–Trinajstić information content (AvgIpc) is 2.87. The van der Waals surface area contributed by atoms with Crippen molar-refractivity contribution in [3.8, 4) is 5.75 Å². The Labute approximate surface area is 119 Å². The monoisotopic (exact) mass is 274 g/mol. The standard InChI is InChI=1S/C16H22N2O2/c1-11-10-12(19)6-7-13(11)16(20)17-14-4-2-8-18-9-3-5-15(14)18/h6-7,10,14-15,19H,2-5,8-9H2,1H3,(H,17,20)/t14-,15-/m0/s1. The van der Waals surface area contributed by atoms with Crippen molar-refractivity contribution >= 4 is 5.91 Å². The number of piperidine rings is 1. The van der Waals surface area contributed by atoms with Crippen molar-refractivity contribution < 1.29 is 9.90 Å². The largest absolute Gasteiger partial charge is 0.508 e. The Hall–Kier alpha value is -1.55. The minimum atomic E-state index is -0.0127. The fourth-order valence-electron chi connectivity index (χ4n) is 3.61. The van der Waals surface area contributed by atoms with Crippen molar-refractivity contribution in [1.82, 2.24) is 10.2 Å². The molecule has 3 rings (SSSR count). The lowest BCUT2D eigenvalue weighted by Crippen LogP contribution is -2.52. The molecular weight excluding hydrogens is 252 g/mol. The number of carbonyl (C=O) groups is 1. The van der Waals surface area contributed by atoms with Crippen LogP contribution in [0.15, 0.2) is 18.2 Å². The number of hydrogen-bond donors (Lipinski definition) is 2. The molecule has 1 amide bonds. The Bertz CT molecular complexity index is 515. The molecule has 0 unspecified atom stereocenters. The van der Waals surface area contributed by atoms with Gasteiger partial charge in [-0.2, -0.15) is 0 Å². The quantitative estimate of drug-likeness (QED) is 0.868. The number of aromatic hydroxyl groups is 1. The van der Waals surface area contributed by atoms with E-state index in [9.17, 15) is 9.90 Å². The van der Waals surface area contributed by atoms with Crippen molar-refractivity contribution in [2.75, 3.05) is 13.1 Å². The van der Waals surface area contributed by atoms with Crippen LogP contribution in [0.1, 0.15) is 41.6 Å². The predicted octanol–water partition coefficient (Wildman–Crippen LogP) is 2.06. The first kappa shape index (κ1) is 13.4. The lowest BCUT2D eigenvalue weighted by molar-refractivity contribution is 0.0867. The first-order valence-corrected chi connectivity index (χ1v) is 7.49. The molecular formula is C16H22N2O2. The Morgan fingerprint density at radius 3 is 2.80 bits per heavy atom. The maximum Gasteiger partial charge on any atom is 0.251 e. The zero-order valence-corrected chi connectivity index (χ0v) is 11.9. The van der Waals surface area contributed by atoms with Crippen LogP contribution in [0.5, 0.6) is 5.75 Å². The number of carbonyl (C=O) groups excluding carboxylic acids is 1. The van der Waals surface area contributed by atoms with Gasteiger partial charge in [-0.25, -0.2) is 0 Å². The molecule has 0 bridgehead atoms. The second kappa shape index (κ2) is 5.44. The van der Waals surface area contributed by atoms with Gasteiger partial charge in [0.1, 0.15) is 5.75 Å². The van der Waals surface area contributed by atoms with Gasteiger partial charge in [0.2, 0.25) is 0 Å². The van der Waals surface area contributed by atoms with Gasteiger partial charge in [0.15, 0.2) is 0 Å². The molecule has 2 N–H and O–H groups in total. The molecule has 2 atom stereocenters. The predicted molar refractivity (Wildman–Crippen MR) is 77.9 cm³/mol. The molecule has 1 aromatic carbocycles. The van der Waals surface area contributed by atoms with Crippen molar-refractivity contribution in [3.63, 3.8) is 0 Å². The lowest BCUT2D eigenvalue weighted by atomic mass is 9.95. The fraction of sp³-hybridized carbons (Fsp3) is 0.562. The van der Waals surface area contributed by atoms with Crippen LogP contribution in [-0.2, 0) is 0 Å². The fourth-order valence-corrected chi connectivity index (χ4v) is 3.61. The van der Waals surface area contributed by atoms with Crippen LogP contribution >= 0.6 is 0 Å². The van der Waals surface area contributed by atoms with Crippen LogP contribution in [0.2, 0.25) is 0 Å². The summed E-state index contributed by atoms with van der Waals surface area (Å²) in [6.45, 7) is 4.21. The van der Waals surface area contributed by atoms with E-state index in [0.717, 1.165) is 18.4 Å². The topological polar surface area (TPSA) is 52.6 Å². The van der Waals surface area contributed by atoms with Gasteiger partial charge in [-0.15, -0.1) is 0 Å². The number of hydrogen-bond acceptors (Lipinski definition) is 3. The first-order valence-electron chi connectivity index (χ1n) is 7.49. The Balaban J connectivity index is 1.72. The van der Waals surface area contributed by atoms with Crippen LogP contribution in [0.4, 0.5) is 0 Å². The number of amides is 1. The van der Waals surface area contributed by atoms with Crippen LogP contribution in [-0.4, -0.2) is 41.1 Å². The van der Waals surface area contributed by atoms with E-state index < -0.39 is 0 Å². The number of phenolic OH excluding ortho intramolecular Hbond substituents is 1. The molecule has 4 nitrogen and oxygen atoms in total. The van der Waals surface area contributed by atoms with Crippen LogP contribution in [0.3, 0.4) is 0 Å². The average molecular weight is 274 g/mol. The summed E-state index contributed by atoms with van der Waals surface area (Å²) in [5.41, 5.74) is 1.49. The van der Waals surface area contributed by atoms with Crippen LogP contribution in [0, 0.1) is 6.92 Å². The highest BCUT2D eigenvalue weighted by Crippen LogP contribution is 2.27. The van der Waals surface area contributed by atoms with Gasteiger partial charge in [0.25, 0.3) is 5.91 Å². The second-order valence-electron chi connectivity index (χ2n) is 5.97. The molecule has 0 radical (unpaired) electrons. The van der Waals surface area contributed by atoms with Crippen molar-refractivity contribution in [2.24, 2.45) is 0 Å². The van der Waals surface area contributed by atoms with Crippen molar-refractivity contribution in [3.05, 3.63) is 29.3 Å². The third-order valence-electron chi connectivity index (χ3n) is 4.61. The van der Waals surface area contributed by atoms with E-state index in [1.54, 1.807) is 18.2 Å². The smallest absolute Gasteiger partial charge is 0.251 e. The van der Waals surface area contributed by atoms with Gasteiger partial charge in [-0.05, 0) is 69.5 Å². The Morgan fingerprint density at radius 1 is 1.30 bits per heavy atom. The van der Waals surface area contributed by atoms with Crippen molar-refractivity contribution in [1.29, 1.82) is 0 Å². The lowest BCUT2D eigenvalue weighted by Gasteiger charge is -2.37. The summed E-state index contributed by atoms with van der Waals surface area (Å²) in [4.78, 5) is 14.9. The number of fused-ring (bicyclic) bond motifs is 1. The summed E-state index contributed by atoms with van der Waals surface area (Å²) in [5.74, 6) is 0.194. The molecule has 0 aliphatic carbocycles. The summed E-state index contributed by atoms with van der Waals surface area (Å²) in [6, 6.07) is 5.70. The third-order valence-corrected chi connectivity index (χ3v) is 4.61.